The molecule has 0 aromatic heterocycles. The van der Waals surface area contributed by atoms with Crippen molar-refractivity contribution in [3.05, 3.63) is 29.3 Å². The van der Waals surface area contributed by atoms with Crippen LogP contribution in [0.5, 0.6) is 0 Å². The fourth-order valence-electron chi connectivity index (χ4n) is 5.92. The van der Waals surface area contributed by atoms with Gasteiger partial charge in [-0.2, -0.15) is 0 Å². The number of carbonyl (C=O) groups excluding carboxylic acids is 2. The third-order valence-electron chi connectivity index (χ3n) is 6.26. The summed E-state index contributed by atoms with van der Waals surface area (Å²) in [4.78, 5) is 24.8. The monoisotopic (exact) mass is 375 g/mol. The van der Waals surface area contributed by atoms with Gasteiger partial charge in [-0.1, -0.05) is 6.07 Å². The average molecular weight is 376 g/mol. The van der Waals surface area contributed by atoms with E-state index in [1.54, 1.807) is 0 Å². The largest absolute Gasteiger partial charge is 0.455 e. The van der Waals surface area contributed by atoms with Crippen molar-refractivity contribution >= 4 is 29.2 Å². The van der Waals surface area contributed by atoms with Crippen LogP contribution in [-0.2, 0) is 14.3 Å². The van der Waals surface area contributed by atoms with Gasteiger partial charge in [0.1, 0.15) is 0 Å². The average Bonchev–Trinajstić information content (AvgIpc) is 2.49. The minimum atomic E-state index is -0.466. The highest BCUT2D eigenvalue weighted by Gasteiger charge is 2.60. The van der Waals surface area contributed by atoms with Crippen molar-refractivity contribution in [1.82, 2.24) is 0 Å². The van der Waals surface area contributed by atoms with Crippen molar-refractivity contribution in [2.75, 3.05) is 11.9 Å². The van der Waals surface area contributed by atoms with Gasteiger partial charge in [0, 0.05) is 10.6 Å². The molecule has 1 amide bonds. The molecule has 4 nitrogen and oxygen atoms in total. The van der Waals surface area contributed by atoms with Crippen molar-refractivity contribution in [3.8, 4) is 0 Å². The molecule has 2 unspecified atom stereocenters. The lowest BCUT2D eigenvalue weighted by molar-refractivity contribution is -0.171. The predicted octanol–water partition coefficient (Wildman–Crippen LogP) is 4.36. The van der Waals surface area contributed by atoms with Gasteiger partial charge < -0.3 is 10.1 Å². The molecule has 4 aliphatic carbocycles. The second-order valence-electron chi connectivity index (χ2n) is 8.89. The Balaban J connectivity index is 1.37. The van der Waals surface area contributed by atoms with E-state index in [4.69, 9.17) is 16.3 Å². The number of hydrogen-bond donors (Lipinski definition) is 1. The van der Waals surface area contributed by atoms with Gasteiger partial charge in [0.15, 0.2) is 6.61 Å². The number of aryl methyl sites for hydroxylation is 2. The molecule has 26 heavy (non-hydrogen) atoms. The molecular weight excluding hydrogens is 350 g/mol. The zero-order valence-electron chi connectivity index (χ0n) is 15.4. The predicted molar refractivity (Wildman–Crippen MR) is 101 cm³/mol. The molecule has 5 heteroatoms. The normalized spacial score (nSPS) is 34.6. The Labute approximate surface area is 159 Å². The highest BCUT2D eigenvalue weighted by molar-refractivity contribution is 6.24. The third kappa shape index (κ3) is 3.36. The Kier molecular flexibility index (Phi) is 4.30. The molecule has 0 saturated heterocycles. The summed E-state index contributed by atoms with van der Waals surface area (Å²) in [5, 5.41) is 2.82. The van der Waals surface area contributed by atoms with Gasteiger partial charge in [-0.3, -0.25) is 9.59 Å². The first-order valence-electron chi connectivity index (χ1n) is 9.50. The first kappa shape index (κ1) is 17.8. The van der Waals surface area contributed by atoms with E-state index in [0.29, 0.717) is 18.3 Å². The van der Waals surface area contributed by atoms with E-state index >= 15 is 0 Å². The lowest BCUT2D eigenvalue weighted by atomic mass is 9.49. The minimum Gasteiger partial charge on any atom is -0.455 e. The van der Waals surface area contributed by atoms with Crippen molar-refractivity contribution in [3.63, 3.8) is 0 Å². The molecule has 5 rings (SSSR count). The molecule has 1 aromatic carbocycles. The van der Waals surface area contributed by atoms with Crippen LogP contribution in [0.4, 0.5) is 5.69 Å². The van der Waals surface area contributed by atoms with Crippen LogP contribution in [0.1, 0.15) is 49.7 Å². The highest BCUT2D eigenvalue weighted by atomic mass is 35.5. The van der Waals surface area contributed by atoms with Crippen molar-refractivity contribution in [1.29, 1.82) is 0 Å². The first-order valence-corrected chi connectivity index (χ1v) is 9.87. The lowest BCUT2D eigenvalue weighted by Gasteiger charge is -2.58. The van der Waals surface area contributed by atoms with Crippen LogP contribution in [0, 0.1) is 31.1 Å². The number of halogens is 1. The standard InChI is InChI=1S/C21H26ClNO3/c1-13-3-14(2)5-17(4-13)23-18(24)11-26-19(25)20-7-15-6-16(8-20)10-21(22,9-15)12-20/h3-5,15-16H,6-12H2,1-2H3,(H,23,24)/t15-,16+,20?,21?. The number of alkyl halides is 1. The quantitative estimate of drug-likeness (QED) is 0.628. The van der Waals surface area contributed by atoms with Crippen LogP contribution >= 0.6 is 11.6 Å². The van der Waals surface area contributed by atoms with E-state index in [1.165, 1.54) is 6.42 Å². The Morgan fingerprint density at radius 3 is 2.31 bits per heavy atom. The van der Waals surface area contributed by atoms with E-state index in [1.807, 2.05) is 32.0 Å². The molecular formula is C21H26ClNO3. The molecule has 1 N–H and O–H groups in total. The summed E-state index contributed by atoms with van der Waals surface area (Å²) >= 11 is 6.78. The number of benzene rings is 1. The molecule has 0 spiro atoms. The summed E-state index contributed by atoms with van der Waals surface area (Å²) in [7, 11) is 0. The molecule has 0 radical (unpaired) electrons. The van der Waals surface area contributed by atoms with Crippen LogP contribution in [0.2, 0.25) is 0 Å². The maximum absolute atomic E-state index is 12.8. The van der Waals surface area contributed by atoms with E-state index in [9.17, 15) is 9.59 Å². The second kappa shape index (κ2) is 6.26. The molecule has 4 saturated carbocycles. The molecule has 4 aliphatic rings. The molecule has 1 aromatic rings. The topological polar surface area (TPSA) is 55.4 Å². The Bertz CT molecular complexity index is 725. The highest BCUT2D eigenvalue weighted by Crippen LogP contribution is 2.64. The zero-order chi connectivity index (χ0) is 18.5. The van der Waals surface area contributed by atoms with Gasteiger partial charge in [-0.25, -0.2) is 0 Å². The number of esters is 1. The number of amides is 1. The van der Waals surface area contributed by atoms with E-state index in [0.717, 1.165) is 42.5 Å². The van der Waals surface area contributed by atoms with Crippen molar-refractivity contribution in [2.24, 2.45) is 17.3 Å². The first-order chi connectivity index (χ1) is 12.3. The number of nitrogens with one attached hydrogen (secondary N) is 1. The van der Waals surface area contributed by atoms with E-state index in [2.05, 4.69) is 5.32 Å². The molecule has 4 fully saturated rings. The lowest BCUT2D eigenvalue weighted by Crippen LogP contribution is -2.56. The number of ether oxygens (including phenoxy) is 1. The third-order valence-corrected chi connectivity index (χ3v) is 6.70. The van der Waals surface area contributed by atoms with Crippen LogP contribution in [-0.4, -0.2) is 23.4 Å². The van der Waals surface area contributed by atoms with Crippen LogP contribution in [0.15, 0.2) is 18.2 Å². The number of hydrogen-bond acceptors (Lipinski definition) is 3. The van der Waals surface area contributed by atoms with Gasteiger partial charge in [0.2, 0.25) is 0 Å². The van der Waals surface area contributed by atoms with Gasteiger partial charge in [0.25, 0.3) is 5.91 Å². The van der Waals surface area contributed by atoms with Gasteiger partial charge >= 0.3 is 5.97 Å². The summed E-state index contributed by atoms with van der Waals surface area (Å²) < 4.78 is 5.46. The van der Waals surface area contributed by atoms with Gasteiger partial charge in [-0.05, 0) is 87.5 Å². The summed E-state index contributed by atoms with van der Waals surface area (Å²) in [6.45, 7) is 3.73. The summed E-state index contributed by atoms with van der Waals surface area (Å²) in [5.74, 6) is 0.539. The van der Waals surface area contributed by atoms with Crippen molar-refractivity contribution < 1.29 is 14.3 Å². The van der Waals surface area contributed by atoms with Gasteiger partial charge in [0.05, 0.1) is 5.41 Å². The fraction of sp³-hybridized carbons (Fsp3) is 0.619. The molecule has 140 valence electrons. The number of anilines is 1. The molecule has 4 bridgehead atoms. The Morgan fingerprint density at radius 2 is 1.73 bits per heavy atom. The summed E-state index contributed by atoms with van der Waals surface area (Å²) in [6.07, 6.45) is 5.67. The van der Waals surface area contributed by atoms with Crippen LogP contribution in [0.25, 0.3) is 0 Å². The van der Waals surface area contributed by atoms with E-state index < -0.39 is 5.41 Å². The van der Waals surface area contributed by atoms with E-state index in [-0.39, 0.29) is 23.4 Å². The SMILES string of the molecule is Cc1cc(C)cc(NC(=O)COC(=O)C23C[C@@H]4C[C@@H](CC(Cl)(C4)C2)C3)c1. The van der Waals surface area contributed by atoms with Crippen molar-refractivity contribution in [2.45, 2.75) is 57.2 Å². The van der Waals surface area contributed by atoms with Gasteiger partial charge in [-0.15, -0.1) is 11.6 Å². The number of carbonyl (C=O) groups is 2. The summed E-state index contributed by atoms with van der Waals surface area (Å²) in [5.41, 5.74) is 2.43. The molecule has 0 heterocycles. The van der Waals surface area contributed by atoms with Crippen LogP contribution < -0.4 is 5.32 Å². The second-order valence-corrected chi connectivity index (χ2v) is 9.69. The maximum atomic E-state index is 12.8. The fourth-order valence-corrected chi connectivity index (χ4v) is 6.61. The summed E-state index contributed by atoms with van der Waals surface area (Å²) in [6, 6.07) is 5.86. The smallest absolute Gasteiger partial charge is 0.312 e. The minimum absolute atomic E-state index is 0.229. The number of rotatable bonds is 4. The Hall–Kier alpha value is -1.55. The van der Waals surface area contributed by atoms with Crippen LogP contribution in [0.3, 0.4) is 0 Å². The molecule has 0 aliphatic heterocycles. The zero-order valence-corrected chi connectivity index (χ0v) is 16.2. The maximum Gasteiger partial charge on any atom is 0.312 e. The Morgan fingerprint density at radius 1 is 1.12 bits per heavy atom. The molecule has 4 atom stereocenters.